The van der Waals surface area contributed by atoms with Gasteiger partial charge in [-0.2, -0.15) is 0 Å². The molecular formula is C34H40P2. The summed E-state index contributed by atoms with van der Waals surface area (Å²) in [6.07, 6.45) is 0. The van der Waals surface area contributed by atoms with Crippen LogP contribution in [0.15, 0.2) is 97.1 Å². The van der Waals surface area contributed by atoms with Crippen molar-refractivity contribution in [3.8, 4) is 22.3 Å². The molecule has 0 heterocycles. The van der Waals surface area contributed by atoms with Crippen molar-refractivity contribution >= 4 is 25.8 Å². The summed E-state index contributed by atoms with van der Waals surface area (Å²) < 4.78 is 0. The molecule has 2 heteroatoms. The van der Waals surface area contributed by atoms with E-state index in [0.717, 1.165) is 0 Å². The van der Waals surface area contributed by atoms with Crippen LogP contribution in [0.3, 0.4) is 0 Å². The zero-order chi connectivity index (χ0) is 26.1. The maximum atomic E-state index is 2.46. The Morgan fingerprint density at radius 3 is 1.58 bits per heavy atom. The molecule has 0 unspecified atom stereocenters. The van der Waals surface area contributed by atoms with Crippen molar-refractivity contribution in [1.82, 2.24) is 0 Å². The summed E-state index contributed by atoms with van der Waals surface area (Å²) in [5, 5.41) is 3.41. The van der Waals surface area contributed by atoms with Crippen LogP contribution in [-0.2, 0) is 0 Å². The minimum Gasteiger partial charge on any atom is -0.0622 e. The van der Waals surface area contributed by atoms with E-state index in [0.29, 0.717) is 0 Å². The molecular weight excluding hydrogens is 470 g/mol. The molecule has 4 aromatic rings. The zero-order valence-electron chi connectivity index (χ0n) is 23.1. The quantitative estimate of drug-likeness (QED) is 0.234. The third-order valence-corrected chi connectivity index (χ3v) is 17.3. The summed E-state index contributed by atoms with van der Waals surface area (Å²) in [6.45, 7) is 19.3. The van der Waals surface area contributed by atoms with E-state index in [1.165, 1.54) is 38.7 Å². The molecule has 0 aliphatic rings. The average Bonchev–Trinajstić information content (AvgIpc) is 2.82. The molecule has 4 aromatic carbocycles. The molecule has 0 aliphatic heterocycles. The van der Waals surface area contributed by atoms with Crippen LogP contribution in [0.2, 0.25) is 0 Å². The molecule has 0 saturated carbocycles. The molecule has 0 aromatic heterocycles. The monoisotopic (exact) mass is 510 g/mol. The van der Waals surface area contributed by atoms with Gasteiger partial charge in [0.05, 0.1) is 0 Å². The van der Waals surface area contributed by atoms with Crippen molar-refractivity contribution < 1.29 is 0 Å². The second-order valence-electron chi connectivity index (χ2n) is 11.7. The molecule has 0 fully saturated rings. The van der Waals surface area contributed by atoms with E-state index in [-0.39, 0.29) is 10.3 Å². The van der Waals surface area contributed by atoms with Gasteiger partial charge in [-0.15, -0.1) is 0 Å². The van der Waals surface area contributed by atoms with Crippen LogP contribution in [0.4, 0.5) is 0 Å². The largest absolute Gasteiger partial charge is 0.0622 e. The van der Waals surface area contributed by atoms with Crippen LogP contribution < -0.4 is 10.6 Å². The third kappa shape index (κ3) is 5.67. The van der Waals surface area contributed by atoms with Crippen molar-refractivity contribution in [2.75, 3.05) is 0 Å². The van der Waals surface area contributed by atoms with Crippen LogP contribution in [0.5, 0.6) is 0 Å². The van der Waals surface area contributed by atoms with Gasteiger partial charge in [-0.05, 0) is 83.4 Å². The maximum absolute atomic E-state index is 2.46. The normalized spacial score (nSPS) is 13.9. The Labute approximate surface area is 221 Å². The summed E-state index contributed by atoms with van der Waals surface area (Å²) in [6, 6.07) is 36.1. The summed E-state index contributed by atoms with van der Waals surface area (Å²) in [7, 11) is -0.966. The van der Waals surface area contributed by atoms with Crippen molar-refractivity contribution in [2.24, 2.45) is 0 Å². The van der Waals surface area contributed by atoms with Gasteiger partial charge in [0.15, 0.2) is 0 Å². The van der Waals surface area contributed by atoms with Crippen molar-refractivity contribution in [3.05, 3.63) is 108 Å². The fourth-order valence-electron chi connectivity index (χ4n) is 5.03. The van der Waals surface area contributed by atoms with Crippen LogP contribution in [0, 0.1) is 13.8 Å². The smallest absolute Gasteiger partial charge is 0.00712 e. The molecule has 2 atom stereocenters. The molecule has 0 aliphatic carbocycles. The first-order valence-electron chi connectivity index (χ1n) is 12.9. The first-order chi connectivity index (χ1) is 17.0. The van der Waals surface area contributed by atoms with Gasteiger partial charge in [-0.1, -0.05) is 139 Å². The zero-order valence-corrected chi connectivity index (χ0v) is 24.9. The van der Waals surface area contributed by atoms with Crippen LogP contribution in [-0.4, -0.2) is 10.3 Å². The minimum atomic E-state index is -0.497. The van der Waals surface area contributed by atoms with Gasteiger partial charge in [-0.25, -0.2) is 0 Å². The highest BCUT2D eigenvalue weighted by atomic mass is 32.1. The first-order valence-corrected chi connectivity index (χ1v) is 16.3. The summed E-state index contributed by atoms with van der Waals surface area (Å²) in [5.41, 5.74) is 8.13. The Balaban J connectivity index is 1.91. The lowest BCUT2D eigenvalue weighted by Gasteiger charge is -2.46. The third-order valence-electron chi connectivity index (χ3n) is 6.58. The lowest BCUT2D eigenvalue weighted by Crippen LogP contribution is -2.28. The molecule has 0 bridgehead atoms. The lowest BCUT2D eigenvalue weighted by atomic mass is 9.97. The fraction of sp³-hybridized carbons (Fsp3) is 0.294. The molecule has 0 N–H and O–H groups in total. The van der Waals surface area contributed by atoms with Crippen LogP contribution >= 0.6 is 15.2 Å². The van der Waals surface area contributed by atoms with Gasteiger partial charge in [0.2, 0.25) is 0 Å². The second kappa shape index (κ2) is 10.6. The number of hydrogen-bond acceptors (Lipinski definition) is 0. The Hall–Kier alpha value is -2.26. The molecule has 0 spiro atoms. The highest BCUT2D eigenvalue weighted by Crippen LogP contribution is 2.79. The van der Waals surface area contributed by atoms with E-state index in [4.69, 9.17) is 0 Å². The van der Waals surface area contributed by atoms with Gasteiger partial charge >= 0.3 is 0 Å². The Kier molecular flexibility index (Phi) is 7.90. The predicted molar refractivity (Wildman–Crippen MR) is 166 cm³/mol. The van der Waals surface area contributed by atoms with E-state index >= 15 is 0 Å². The summed E-state index contributed by atoms with van der Waals surface area (Å²) >= 11 is 0. The number of benzene rings is 4. The predicted octanol–water partition coefficient (Wildman–Crippen LogP) is 10.1. The molecule has 0 radical (unpaired) electrons. The van der Waals surface area contributed by atoms with Crippen molar-refractivity contribution in [3.63, 3.8) is 0 Å². The van der Waals surface area contributed by atoms with E-state index in [1.54, 1.807) is 5.30 Å². The van der Waals surface area contributed by atoms with Crippen molar-refractivity contribution in [1.29, 1.82) is 0 Å². The topological polar surface area (TPSA) is 0 Å². The first kappa shape index (κ1) is 26.8. The van der Waals surface area contributed by atoms with Gasteiger partial charge in [0.25, 0.3) is 0 Å². The maximum Gasteiger partial charge on any atom is -0.00712 e. The second-order valence-corrected chi connectivity index (χ2v) is 19.0. The van der Waals surface area contributed by atoms with E-state index in [2.05, 4.69) is 152 Å². The van der Waals surface area contributed by atoms with E-state index in [9.17, 15) is 0 Å². The average molecular weight is 511 g/mol. The summed E-state index contributed by atoms with van der Waals surface area (Å²) in [4.78, 5) is 0. The highest BCUT2D eigenvalue weighted by Gasteiger charge is 2.41. The molecule has 36 heavy (non-hydrogen) atoms. The minimum absolute atomic E-state index is 0.164. The fourth-order valence-corrected chi connectivity index (χ4v) is 15.2. The molecule has 186 valence electrons. The molecule has 0 saturated heterocycles. The van der Waals surface area contributed by atoms with E-state index < -0.39 is 15.2 Å². The molecule has 4 rings (SSSR count). The van der Waals surface area contributed by atoms with Gasteiger partial charge < -0.3 is 0 Å². The molecule has 0 amide bonds. The van der Waals surface area contributed by atoms with Gasteiger partial charge in [-0.3, -0.25) is 0 Å². The number of hydrogen-bond donors (Lipinski definition) is 0. The van der Waals surface area contributed by atoms with Crippen LogP contribution in [0.25, 0.3) is 22.3 Å². The van der Waals surface area contributed by atoms with Gasteiger partial charge in [0, 0.05) is 0 Å². The van der Waals surface area contributed by atoms with Gasteiger partial charge in [0.1, 0.15) is 0 Å². The van der Waals surface area contributed by atoms with Crippen LogP contribution in [0.1, 0.15) is 52.7 Å². The number of aryl methyl sites for hydroxylation is 2. The lowest BCUT2D eigenvalue weighted by molar-refractivity contribution is 0.781. The Morgan fingerprint density at radius 2 is 1.00 bits per heavy atom. The standard InChI is InChI=1S/C34H40P2/c1-25-15-12-13-19-30(25)32-26(2)16-14-20-31(32)36(34(6,7)8)35(33(3,4)5)29-23-21-28(22-24-29)27-17-10-9-11-18-27/h9-24H,1-8H3/t35-,36-/m0/s1. The number of rotatable bonds is 5. The SMILES string of the molecule is Cc1ccccc1-c1c(C)cccc1[P@]([P@@](c1ccc(-c2ccccc2)cc1)C(C)(C)C)C(C)(C)C. The summed E-state index contributed by atoms with van der Waals surface area (Å²) in [5.74, 6) is 0. The Bertz CT molecular complexity index is 1310. The Morgan fingerprint density at radius 1 is 0.472 bits per heavy atom. The highest BCUT2D eigenvalue weighted by molar-refractivity contribution is 8.37. The molecule has 0 nitrogen and oxygen atoms in total. The van der Waals surface area contributed by atoms with Crippen molar-refractivity contribution in [2.45, 2.75) is 65.7 Å². The van der Waals surface area contributed by atoms with E-state index in [1.807, 2.05) is 0 Å².